The van der Waals surface area contributed by atoms with Crippen LogP contribution in [0.4, 0.5) is 11.4 Å². The summed E-state index contributed by atoms with van der Waals surface area (Å²) in [5.41, 5.74) is 4.39. The van der Waals surface area contributed by atoms with Crippen molar-refractivity contribution in [2.45, 2.75) is 45.1 Å². The second kappa shape index (κ2) is 10.4. The van der Waals surface area contributed by atoms with Crippen LogP contribution in [-0.2, 0) is 6.42 Å². The first-order valence-electron chi connectivity index (χ1n) is 12.7. The largest absolute Gasteiger partial charge is 0.367 e. The lowest BCUT2D eigenvalue weighted by molar-refractivity contribution is 0.102. The lowest BCUT2D eigenvalue weighted by Crippen LogP contribution is -2.39. The van der Waals surface area contributed by atoms with Crippen LogP contribution in [0, 0.1) is 0 Å². The Morgan fingerprint density at radius 1 is 1.06 bits per heavy atom. The van der Waals surface area contributed by atoms with E-state index in [1.807, 2.05) is 36.5 Å². The molecule has 1 atom stereocenters. The summed E-state index contributed by atoms with van der Waals surface area (Å²) in [4.78, 5) is 37.4. The number of likely N-dealkylation sites (tertiary alicyclic amines) is 1. The van der Waals surface area contributed by atoms with E-state index in [4.69, 9.17) is 0 Å². The van der Waals surface area contributed by atoms with Crippen molar-refractivity contribution < 1.29 is 4.79 Å². The molecule has 7 heteroatoms. The minimum Gasteiger partial charge on any atom is -0.367 e. The number of amides is 1. The number of nitrogens with zero attached hydrogens (tertiary/aromatic N) is 3. The molecule has 2 N–H and O–H groups in total. The van der Waals surface area contributed by atoms with Crippen LogP contribution < -0.4 is 15.8 Å². The van der Waals surface area contributed by atoms with Crippen molar-refractivity contribution in [2.24, 2.45) is 0 Å². The third-order valence-corrected chi connectivity index (χ3v) is 7.19. The zero-order valence-corrected chi connectivity index (χ0v) is 20.3. The van der Waals surface area contributed by atoms with E-state index >= 15 is 0 Å². The summed E-state index contributed by atoms with van der Waals surface area (Å²) >= 11 is 0. The summed E-state index contributed by atoms with van der Waals surface area (Å²) < 4.78 is 0. The molecule has 0 saturated carbocycles. The Bertz CT molecular complexity index is 1230. The smallest absolute Gasteiger partial charge is 0.271 e. The molecule has 2 fully saturated rings. The van der Waals surface area contributed by atoms with E-state index < -0.39 is 0 Å². The highest BCUT2D eigenvalue weighted by Gasteiger charge is 2.27. The van der Waals surface area contributed by atoms with Gasteiger partial charge in [-0.15, -0.1) is 0 Å². The highest BCUT2D eigenvalue weighted by atomic mass is 16.2. The Hall–Kier alpha value is -3.45. The number of hydrogen-bond donors (Lipinski definition) is 2. The molecule has 182 valence electrons. The second-order valence-corrected chi connectivity index (χ2v) is 9.56. The van der Waals surface area contributed by atoms with Gasteiger partial charge in [0.25, 0.3) is 11.5 Å². The van der Waals surface area contributed by atoms with Gasteiger partial charge < -0.3 is 20.1 Å². The van der Waals surface area contributed by atoms with Gasteiger partial charge in [-0.05, 0) is 87.2 Å². The van der Waals surface area contributed by atoms with Gasteiger partial charge in [0.2, 0.25) is 0 Å². The van der Waals surface area contributed by atoms with Gasteiger partial charge in [0.05, 0.1) is 0 Å². The number of hydrogen-bond acceptors (Lipinski definition) is 5. The number of anilines is 2. The number of carbonyl (C=O) groups is 1. The van der Waals surface area contributed by atoms with Crippen LogP contribution in [-0.4, -0.2) is 53.0 Å². The van der Waals surface area contributed by atoms with Crippen LogP contribution in [0.25, 0.3) is 11.1 Å². The molecule has 2 saturated heterocycles. The molecular weight excluding hydrogens is 438 g/mol. The van der Waals surface area contributed by atoms with E-state index in [-0.39, 0.29) is 17.2 Å². The van der Waals surface area contributed by atoms with Crippen LogP contribution in [0.2, 0.25) is 0 Å². The third kappa shape index (κ3) is 5.30. The Labute approximate surface area is 206 Å². The van der Waals surface area contributed by atoms with Crippen molar-refractivity contribution in [3.8, 4) is 11.1 Å². The molecule has 0 unspecified atom stereocenters. The number of nitrogens with one attached hydrogen (secondary N) is 2. The van der Waals surface area contributed by atoms with Gasteiger partial charge in [-0.3, -0.25) is 14.6 Å². The zero-order chi connectivity index (χ0) is 24.2. The first kappa shape index (κ1) is 23.3. The summed E-state index contributed by atoms with van der Waals surface area (Å²) in [5.74, 6) is -0.297. The SMILES string of the molecule is CCc1cncc(-c2c[nH]c(=O)c(NC(=O)c3ccc(N4CCC[C@H]4CN4CCCC4)cc3)c2)c1. The van der Waals surface area contributed by atoms with Gasteiger partial charge in [0, 0.05) is 60.1 Å². The monoisotopic (exact) mass is 471 g/mol. The average molecular weight is 472 g/mol. The Kier molecular flexibility index (Phi) is 6.95. The summed E-state index contributed by atoms with van der Waals surface area (Å²) in [7, 11) is 0. The third-order valence-electron chi connectivity index (χ3n) is 7.19. The first-order valence-corrected chi connectivity index (χ1v) is 12.7. The highest BCUT2D eigenvalue weighted by Crippen LogP contribution is 2.27. The molecule has 2 aliphatic heterocycles. The molecule has 3 aromatic rings. The molecule has 1 amide bonds. The summed E-state index contributed by atoms with van der Waals surface area (Å²) in [6.07, 6.45) is 11.2. The molecule has 0 aliphatic carbocycles. The second-order valence-electron chi connectivity index (χ2n) is 9.56. The minimum atomic E-state index is -0.333. The molecule has 5 rings (SSSR count). The number of aromatic nitrogens is 2. The van der Waals surface area contributed by atoms with Crippen LogP contribution in [0.3, 0.4) is 0 Å². The molecule has 0 radical (unpaired) electrons. The average Bonchev–Trinajstić information content (AvgIpc) is 3.58. The maximum Gasteiger partial charge on any atom is 0.271 e. The highest BCUT2D eigenvalue weighted by molar-refractivity contribution is 6.04. The van der Waals surface area contributed by atoms with E-state index in [1.165, 1.54) is 38.8 Å². The Morgan fingerprint density at radius 3 is 2.63 bits per heavy atom. The van der Waals surface area contributed by atoms with E-state index in [1.54, 1.807) is 18.5 Å². The molecular formula is C28H33N5O2. The molecule has 2 aliphatic rings. The Balaban J connectivity index is 1.28. The van der Waals surface area contributed by atoms with E-state index in [2.05, 4.69) is 32.0 Å². The molecule has 0 bridgehead atoms. The Morgan fingerprint density at radius 2 is 1.86 bits per heavy atom. The summed E-state index contributed by atoms with van der Waals surface area (Å²) in [6, 6.07) is 12.0. The quantitative estimate of drug-likeness (QED) is 0.537. The standard InChI is InChI=1S/C28H33N5O2/c1-2-20-14-22(17-29-16-20)23-15-26(28(35)30-18-23)31-27(34)21-7-9-24(10-8-21)33-13-5-6-25(33)19-32-11-3-4-12-32/h7-10,14-18,25H,2-6,11-13,19H2,1H3,(H,30,35)(H,31,34)/t25-/m0/s1. The maximum absolute atomic E-state index is 12.9. The number of carbonyl (C=O) groups excluding carboxylic acids is 1. The van der Waals surface area contributed by atoms with Crippen molar-refractivity contribution in [3.63, 3.8) is 0 Å². The number of pyridine rings is 2. The van der Waals surface area contributed by atoms with Gasteiger partial charge in [-0.25, -0.2) is 0 Å². The predicted molar refractivity (Wildman–Crippen MR) is 140 cm³/mol. The van der Waals surface area contributed by atoms with Crippen molar-refractivity contribution in [2.75, 3.05) is 36.4 Å². The van der Waals surface area contributed by atoms with Gasteiger partial charge in [-0.2, -0.15) is 0 Å². The number of benzene rings is 1. The number of rotatable bonds is 7. The van der Waals surface area contributed by atoms with Crippen LogP contribution >= 0.6 is 0 Å². The fraction of sp³-hybridized carbons (Fsp3) is 0.393. The lowest BCUT2D eigenvalue weighted by atomic mass is 10.1. The molecule has 0 spiro atoms. The normalized spacial score (nSPS) is 18.2. The van der Waals surface area contributed by atoms with E-state index in [0.29, 0.717) is 11.6 Å². The molecule has 35 heavy (non-hydrogen) atoms. The van der Waals surface area contributed by atoms with E-state index in [0.717, 1.165) is 41.9 Å². The minimum absolute atomic E-state index is 0.226. The van der Waals surface area contributed by atoms with Gasteiger partial charge in [-0.1, -0.05) is 6.92 Å². The lowest BCUT2D eigenvalue weighted by Gasteiger charge is -2.30. The van der Waals surface area contributed by atoms with Crippen molar-refractivity contribution in [3.05, 3.63) is 76.5 Å². The van der Waals surface area contributed by atoms with Gasteiger partial charge in [0.15, 0.2) is 0 Å². The summed E-state index contributed by atoms with van der Waals surface area (Å²) in [6.45, 7) is 6.68. The first-order chi connectivity index (χ1) is 17.1. The fourth-order valence-corrected chi connectivity index (χ4v) is 5.21. The predicted octanol–water partition coefficient (Wildman–Crippen LogP) is 4.32. The maximum atomic E-state index is 12.9. The van der Waals surface area contributed by atoms with Gasteiger partial charge >= 0.3 is 0 Å². The summed E-state index contributed by atoms with van der Waals surface area (Å²) in [5, 5.41) is 2.79. The molecule has 7 nitrogen and oxygen atoms in total. The van der Waals surface area contributed by atoms with Crippen LogP contribution in [0.1, 0.15) is 48.5 Å². The topological polar surface area (TPSA) is 81.3 Å². The van der Waals surface area contributed by atoms with Crippen molar-refractivity contribution in [1.29, 1.82) is 0 Å². The van der Waals surface area contributed by atoms with Crippen molar-refractivity contribution >= 4 is 17.3 Å². The van der Waals surface area contributed by atoms with E-state index in [9.17, 15) is 9.59 Å². The number of aryl methyl sites for hydroxylation is 1. The molecule has 4 heterocycles. The van der Waals surface area contributed by atoms with Crippen LogP contribution in [0.5, 0.6) is 0 Å². The number of H-pyrrole nitrogens is 1. The molecule has 1 aromatic carbocycles. The molecule has 2 aromatic heterocycles. The zero-order valence-electron chi connectivity index (χ0n) is 20.3. The van der Waals surface area contributed by atoms with Gasteiger partial charge in [0.1, 0.15) is 5.69 Å². The number of aromatic amines is 1. The van der Waals surface area contributed by atoms with Crippen LogP contribution in [0.15, 0.2) is 59.8 Å². The fourth-order valence-electron chi connectivity index (χ4n) is 5.21. The van der Waals surface area contributed by atoms with Crippen molar-refractivity contribution in [1.82, 2.24) is 14.9 Å².